The maximum absolute atomic E-state index is 11.6. The van der Waals surface area contributed by atoms with Gasteiger partial charge in [0, 0.05) is 13.0 Å². The lowest BCUT2D eigenvalue weighted by Gasteiger charge is -2.20. The molecule has 1 N–H and O–H groups in total. The number of carboxylic acid groups (broad SMARTS) is 1. The van der Waals surface area contributed by atoms with Gasteiger partial charge in [0.15, 0.2) is 0 Å². The molecule has 0 radical (unpaired) electrons. The Bertz CT molecular complexity index is 495. The van der Waals surface area contributed by atoms with E-state index in [1.165, 1.54) is 0 Å². The summed E-state index contributed by atoms with van der Waals surface area (Å²) in [5.41, 5.74) is 1.20. The molecule has 1 saturated heterocycles. The first kappa shape index (κ1) is 13.3. The summed E-state index contributed by atoms with van der Waals surface area (Å²) in [4.78, 5) is 34.7. The molecule has 5 nitrogen and oxygen atoms in total. The summed E-state index contributed by atoms with van der Waals surface area (Å²) in [7, 11) is 0. The SMILES string of the molecule is O=CC1CCC(=O)N1CCc1ccc(C(=O)O)cc1. The van der Waals surface area contributed by atoms with E-state index in [1.807, 2.05) is 0 Å². The van der Waals surface area contributed by atoms with E-state index in [4.69, 9.17) is 5.11 Å². The fourth-order valence-corrected chi connectivity index (χ4v) is 2.25. The van der Waals surface area contributed by atoms with Crippen LogP contribution in [0.4, 0.5) is 0 Å². The molecule has 1 aliphatic heterocycles. The molecule has 1 fully saturated rings. The predicted molar refractivity (Wildman–Crippen MR) is 67.9 cm³/mol. The van der Waals surface area contributed by atoms with E-state index in [0.29, 0.717) is 25.8 Å². The third kappa shape index (κ3) is 2.99. The Morgan fingerprint density at radius 2 is 2.05 bits per heavy atom. The van der Waals surface area contributed by atoms with Gasteiger partial charge in [-0.15, -0.1) is 0 Å². The monoisotopic (exact) mass is 261 g/mol. The van der Waals surface area contributed by atoms with Crippen molar-refractivity contribution in [3.05, 3.63) is 35.4 Å². The van der Waals surface area contributed by atoms with Crippen LogP contribution in [0.25, 0.3) is 0 Å². The number of nitrogens with zero attached hydrogens (tertiary/aromatic N) is 1. The summed E-state index contributed by atoms with van der Waals surface area (Å²) in [5, 5.41) is 8.79. The maximum Gasteiger partial charge on any atom is 0.335 e. The number of amides is 1. The molecule has 0 saturated carbocycles. The molecule has 1 amide bonds. The minimum absolute atomic E-state index is 0.0132. The maximum atomic E-state index is 11.6. The minimum Gasteiger partial charge on any atom is -0.478 e. The molecule has 1 aromatic rings. The molecular weight excluding hydrogens is 246 g/mol. The van der Waals surface area contributed by atoms with Crippen LogP contribution in [0.1, 0.15) is 28.8 Å². The molecule has 0 aliphatic carbocycles. The van der Waals surface area contributed by atoms with Gasteiger partial charge in [-0.05, 0) is 30.5 Å². The summed E-state index contributed by atoms with van der Waals surface area (Å²) in [5.74, 6) is -0.943. The first-order valence-corrected chi connectivity index (χ1v) is 6.19. The third-order valence-electron chi connectivity index (χ3n) is 3.37. The van der Waals surface area contributed by atoms with Crippen LogP contribution in [0.15, 0.2) is 24.3 Å². The lowest BCUT2D eigenvalue weighted by atomic mass is 10.1. The number of benzene rings is 1. The molecule has 1 aromatic carbocycles. The molecule has 0 aromatic heterocycles. The highest BCUT2D eigenvalue weighted by molar-refractivity contribution is 5.87. The summed E-state index contributed by atoms with van der Waals surface area (Å²) in [6.45, 7) is 0.495. The van der Waals surface area contributed by atoms with Crippen molar-refractivity contribution >= 4 is 18.2 Å². The zero-order valence-corrected chi connectivity index (χ0v) is 10.4. The average Bonchev–Trinajstić information content (AvgIpc) is 2.77. The number of aldehydes is 1. The number of carboxylic acids is 1. The minimum atomic E-state index is -0.956. The van der Waals surface area contributed by atoms with Crippen LogP contribution in [-0.4, -0.2) is 40.8 Å². The number of hydrogen-bond acceptors (Lipinski definition) is 3. The van der Waals surface area contributed by atoms with Gasteiger partial charge in [0.2, 0.25) is 5.91 Å². The van der Waals surface area contributed by atoms with Crippen molar-refractivity contribution in [1.29, 1.82) is 0 Å². The van der Waals surface area contributed by atoms with Crippen LogP contribution in [0.3, 0.4) is 0 Å². The van der Waals surface area contributed by atoms with E-state index in [1.54, 1.807) is 29.2 Å². The number of carbonyl (C=O) groups is 3. The molecule has 1 aliphatic rings. The normalized spacial score (nSPS) is 18.6. The van der Waals surface area contributed by atoms with Crippen molar-refractivity contribution in [2.24, 2.45) is 0 Å². The summed E-state index contributed by atoms with van der Waals surface area (Å²) in [6.07, 6.45) is 2.47. The van der Waals surface area contributed by atoms with Gasteiger partial charge >= 0.3 is 5.97 Å². The van der Waals surface area contributed by atoms with Crippen molar-refractivity contribution in [3.8, 4) is 0 Å². The van der Waals surface area contributed by atoms with Gasteiger partial charge in [-0.2, -0.15) is 0 Å². The lowest BCUT2D eigenvalue weighted by molar-refractivity contribution is -0.131. The first-order chi connectivity index (χ1) is 9.11. The molecule has 100 valence electrons. The second-order valence-electron chi connectivity index (χ2n) is 4.58. The largest absolute Gasteiger partial charge is 0.478 e. The number of likely N-dealkylation sites (tertiary alicyclic amines) is 1. The van der Waals surface area contributed by atoms with Crippen molar-refractivity contribution in [1.82, 2.24) is 4.90 Å². The van der Waals surface area contributed by atoms with Gasteiger partial charge in [0.25, 0.3) is 0 Å². The summed E-state index contributed by atoms with van der Waals surface area (Å²) >= 11 is 0. The van der Waals surface area contributed by atoms with E-state index in [-0.39, 0.29) is 17.5 Å². The molecule has 1 heterocycles. The van der Waals surface area contributed by atoms with Gasteiger partial charge < -0.3 is 14.8 Å². The Morgan fingerprint density at radius 3 is 2.63 bits per heavy atom. The van der Waals surface area contributed by atoms with Gasteiger partial charge in [-0.25, -0.2) is 4.79 Å². The Kier molecular flexibility index (Phi) is 3.94. The zero-order chi connectivity index (χ0) is 13.8. The Labute approximate surface area is 110 Å². The van der Waals surface area contributed by atoms with Crippen molar-refractivity contribution in [2.45, 2.75) is 25.3 Å². The van der Waals surface area contributed by atoms with Gasteiger partial charge in [0.05, 0.1) is 11.6 Å². The highest BCUT2D eigenvalue weighted by Gasteiger charge is 2.29. The van der Waals surface area contributed by atoms with Crippen molar-refractivity contribution in [3.63, 3.8) is 0 Å². The van der Waals surface area contributed by atoms with E-state index in [2.05, 4.69) is 0 Å². The molecule has 0 spiro atoms. The number of rotatable bonds is 5. The number of hydrogen-bond donors (Lipinski definition) is 1. The molecule has 19 heavy (non-hydrogen) atoms. The fraction of sp³-hybridized carbons (Fsp3) is 0.357. The Hall–Kier alpha value is -2.17. The second kappa shape index (κ2) is 5.65. The van der Waals surface area contributed by atoms with E-state index in [9.17, 15) is 14.4 Å². The molecule has 2 rings (SSSR count). The highest BCUT2D eigenvalue weighted by Crippen LogP contribution is 2.17. The van der Waals surface area contributed by atoms with Crippen molar-refractivity contribution < 1.29 is 19.5 Å². The van der Waals surface area contributed by atoms with Crippen LogP contribution in [0.2, 0.25) is 0 Å². The topological polar surface area (TPSA) is 74.7 Å². The molecule has 0 bridgehead atoms. The quantitative estimate of drug-likeness (QED) is 0.806. The van der Waals surface area contributed by atoms with Crippen molar-refractivity contribution in [2.75, 3.05) is 6.54 Å². The van der Waals surface area contributed by atoms with Crippen LogP contribution in [0, 0.1) is 0 Å². The molecule has 5 heteroatoms. The third-order valence-corrected chi connectivity index (χ3v) is 3.37. The Morgan fingerprint density at radius 1 is 1.37 bits per heavy atom. The van der Waals surface area contributed by atoms with Gasteiger partial charge in [-0.1, -0.05) is 12.1 Å². The Balaban J connectivity index is 1.96. The average molecular weight is 261 g/mol. The van der Waals surface area contributed by atoms with E-state index >= 15 is 0 Å². The number of aromatic carboxylic acids is 1. The zero-order valence-electron chi connectivity index (χ0n) is 10.4. The van der Waals surface area contributed by atoms with Gasteiger partial charge in [0.1, 0.15) is 6.29 Å². The van der Waals surface area contributed by atoms with E-state index in [0.717, 1.165) is 11.8 Å². The molecule has 1 unspecified atom stereocenters. The summed E-state index contributed by atoms with van der Waals surface area (Å²) < 4.78 is 0. The van der Waals surface area contributed by atoms with Crippen LogP contribution in [-0.2, 0) is 16.0 Å². The number of carbonyl (C=O) groups excluding carboxylic acids is 2. The molecule has 1 atom stereocenters. The van der Waals surface area contributed by atoms with Gasteiger partial charge in [-0.3, -0.25) is 4.79 Å². The van der Waals surface area contributed by atoms with E-state index < -0.39 is 5.97 Å². The lowest BCUT2D eigenvalue weighted by Crippen LogP contribution is -2.35. The van der Waals surface area contributed by atoms with Crippen LogP contribution in [0.5, 0.6) is 0 Å². The molecular formula is C14H15NO4. The fourth-order valence-electron chi connectivity index (χ4n) is 2.25. The second-order valence-corrected chi connectivity index (χ2v) is 4.58. The summed E-state index contributed by atoms with van der Waals surface area (Å²) in [6, 6.07) is 6.26. The first-order valence-electron chi connectivity index (χ1n) is 6.19. The van der Waals surface area contributed by atoms with Crippen LogP contribution >= 0.6 is 0 Å². The highest BCUT2D eigenvalue weighted by atomic mass is 16.4. The van der Waals surface area contributed by atoms with Crippen LogP contribution < -0.4 is 0 Å². The smallest absolute Gasteiger partial charge is 0.335 e. The standard InChI is InChI=1S/C14H15NO4/c16-9-12-5-6-13(17)15(12)8-7-10-1-3-11(4-2-10)14(18)19/h1-4,9,12H,5-8H2,(H,18,19). The predicted octanol–water partition coefficient (Wildman–Crippen LogP) is 1.12.